The highest BCUT2D eigenvalue weighted by Crippen LogP contribution is 2.30. The maximum atomic E-state index is 14.8. The number of rotatable bonds is 9. The van der Waals surface area contributed by atoms with Crippen LogP contribution in [-0.4, -0.2) is 68.7 Å². The zero-order valence-electron chi connectivity index (χ0n) is 24.1. The van der Waals surface area contributed by atoms with Crippen LogP contribution in [-0.2, 0) is 11.8 Å². The molecule has 4 rings (SSSR count). The summed E-state index contributed by atoms with van der Waals surface area (Å²) in [6.45, 7) is 3.44. The zero-order valence-corrected chi connectivity index (χ0v) is 24.8. The predicted octanol–water partition coefficient (Wildman–Crippen LogP) is 3.17. The van der Waals surface area contributed by atoms with E-state index in [1.54, 1.807) is 13.0 Å². The van der Waals surface area contributed by atoms with Crippen molar-refractivity contribution in [2.75, 3.05) is 25.0 Å². The van der Waals surface area contributed by atoms with E-state index in [1.165, 1.54) is 48.1 Å². The summed E-state index contributed by atoms with van der Waals surface area (Å²) in [6.07, 6.45) is 1.89. The maximum absolute atomic E-state index is 14.8. The number of nitriles is 1. The third-order valence-corrected chi connectivity index (χ3v) is 7.62. The Balaban J connectivity index is 1.45. The summed E-state index contributed by atoms with van der Waals surface area (Å²) in [5.74, 6) is -4.81. The monoisotopic (exact) mass is 629 g/mol. The normalized spacial score (nSPS) is 17.5. The van der Waals surface area contributed by atoms with E-state index in [0.29, 0.717) is 6.42 Å². The average molecular weight is 630 g/mol. The lowest BCUT2D eigenvalue weighted by Crippen LogP contribution is -2.51. The van der Waals surface area contributed by atoms with E-state index in [-0.39, 0.29) is 52.9 Å². The van der Waals surface area contributed by atoms with Crippen LogP contribution in [0.2, 0.25) is 5.02 Å². The largest absolute Gasteiger partial charge is 0.476 e. The molecule has 2 heterocycles. The Morgan fingerprint density at radius 3 is 2.66 bits per heavy atom. The topological polar surface area (TPSA) is 162 Å². The van der Waals surface area contributed by atoms with Gasteiger partial charge in [0.25, 0.3) is 17.7 Å². The summed E-state index contributed by atoms with van der Waals surface area (Å²) >= 11 is 6.38. The summed E-state index contributed by atoms with van der Waals surface area (Å²) in [4.78, 5) is 42.9. The van der Waals surface area contributed by atoms with Crippen molar-refractivity contribution in [3.63, 3.8) is 0 Å². The summed E-state index contributed by atoms with van der Waals surface area (Å²) < 4.78 is 35.4. The Kier molecular flexibility index (Phi) is 9.83. The molecule has 0 unspecified atom stereocenters. The number of hydrogen-bond acceptors (Lipinski definition) is 8. The van der Waals surface area contributed by atoms with Crippen LogP contribution in [0.15, 0.2) is 36.5 Å². The van der Waals surface area contributed by atoms with E-state index in [0.717, 1.165) is 5.01 Å². The van der Waals surface area contributed by atoms with Gasteiger partial charge in [-0.3, -0.25) is 24.8 Å². The minimum atomic E-state index is -1.28. The van der Waals surface area contributed by atoms with Crippen molar-refractivity contribution in [1.82, 2.24) is 25.3 Å². The Hall–Kier alpha value is -4.58. The van der Waals surface area contributed by atoms with E-state index in [4.69, 9.17) is 21.6 Å². The van der Waals surface area contributed by atoms with Gasteiger partial charge in [-0.1, -0.05) is 18.5 Å². The van der Waals surface area contributed by atoms with Crippen LogP contribution in [0.25, 0.3) is 11.3 Å². The number of nitrogens with zero attached hydrogens (tertiary/aromatic N) is 4. The fourth-order valence-electron chi connectivity index (χ4n) is 4.70. The smallest absolute Gasteiger partial charge is 0.291 e. The number of nitrogens with one attached hydrogen (secondary N) is 3. The standard InChI is InChI=1S/C29H30ClF2N7O5/c1-4-29(43)13-20(35-15-29)26(40)37-39(5-2)28(42)17-7-6-16(12-19(17)30)36-27(41)25-34-14-21(38(25)3)18-8-9-22(44-11-10-33)24(32)23(18)31/h6-9,12,14,20,35,43H,4-5,11,13,15H2,1-3H3,(H,36,41)(H,37,40)/t20-,29-/m1/s1. The molecule has 4 N–H and O–H groups in total. The lowest BCUT2D eigenvalue weighted by Gasteiger charge is -2.24. The van der Waals surface area contributed by atoms with Crippen molar-refractivity contribution in [1.29, 1.82) is 5.26 Å². The highest BCUT2D eigenvalue weighted by Gasteiger charge is 2.39. The molecule has 0 bridgehead atoms. The number of aromatic nitrogens is 2. The number of benzene rings is 2. The first-order valence-electron chi connectivity index (χ1n) is 13.6. The molecular weight excluding hydrogens is 600 g/mol. The van der Waals surface area contributed by atoms with Crippen molar-refractivity contribution in [2.45, 2.75) is 38.3 Å². The van der Waals surface area contributed by atoms with Gasteiger partial charge in [0.05, 0.1) is 34.1 Å². The molecule has 0 spiro atoms. The maximum Gasteiger partial charge on any atom is 0.291 e. The third-order valence-electron chi connectivity index (χ3n) is 7.31. The fraction of sp³-hybridized carbons (Fsp3) is 0.345. The third kappa shape index (κ3) is 6.65. The summed E-state index contributed by atoms with van der Waals surface area (Å²) in [5.41, 5.74) is 1.79. The Morgan fingerprint density at radius 2 is 2.02 bits per heavy atom. The lowest BCUT2D eigenvalue weighted by molar-refractivity contribution is -0.127. The van der Waals surface area contributed by atoms with Crippen LogP contribution < -0.4 is 20.8 Å². The Bertz CT molecular complexity index is 1640. The number of amides is 3. The van der Waals surface area contributed by atoms with E-state index >= 15 is 0 Å². The number of imidazole rings is 1. The molecule has 3 amide bonds. The van der Waals surface area contributed by atoms with Crippen LogP contribution in [0.5, 0.6) is 5.75 Å². The van der Waals surface area contributed by atoms with E-state index in [9.17, 15) is 28.3 Å². The number of aliphatic hydroxyl groups is 1. The summed E-state index contributed by atoms with van der Waals surface area (Å²) in [5, 5.41) is 25.7. The number of carbonyl (C=O) groups excluding carboxylic acids is 3. The first-order chi connectivity index (χ1) is 20.9. The molecule has 12 nitrogen and oxygen atoms in total. The molecule has 1 aliphatic rings. The van der Waals surface area contributed by atoms with Crippen molar-refractivity contribution >= 4 is 35.0 Å². The van der Waals surface area contributed by atoms with Crippen LogP contribution in [0, 0.1) is 23.0 Å². The second kappa shape index (κ2) is 13.4. The number of β-amino-alcohol motifs (C(OH)–C–C–N with tert-alkyl or cyclic N) is 1. The predicted molar refractivity (Wildman–Crippen MR) is 156 cm³/mol. The van der Waals surface area contributed by atoms with Gasteiger partial charge in [-0.2, -0.15) is 9.65 Å². The molecule has 2 aromatic carbocycles. The first kappa shape index (κ1) is 32.3. The van der Waals surface area contributed by atoms with Crippen LogP contribution in [0.3, 0.4) is 0 Å². The van der Waals surface area contributed by atoms with E-state index in [1.807, 2.05) is 6.92 Å². The molecule has 0 aliphatic carbocycles. The van der Waals surface area contributed by atoms with Gasteiger partial charge in [-0.05, 0) is 43.7 Å². The van der Waals surface area contributed by atoms with Gasteiger partial charge in [0.2, 0.25) is 5.82 Å². The molecule has 15 heteroatoms. The van der Waals surface area contributed by atoms with Gasteiger partial charge in [-0.25, -0.2) is 9.37 Å². The van der Waals surface area contributed by atoms with Gasteiger partial charge in [0.15, 0.2) is 24.0 Å². The number of carbonyl (C=O) groups is 3. The minimum absolute atomic E-state index is 0.00312. The molecule has 1 fully saturated rings. The number of ether oxygens (including phenoxy) is 1. The Labute approximate surface area is 256 Å². The molecular formula is C29H30ClF2N7O5. The molecule has 0 saturated carbocycles. The van der Waals surface area contributed by atoms with Crippen molar-refractivity contribution in [2.24, 2.45) is 7.05 Å². The van der Waals surface area contributed by atoms with Crippen LogP contribution >= 0.6 is 11.6 Å². The molecule has 3 aromatic rings. The van der Waals surface area contributed by atoms with Crippen molar-refractivity contribution in [3.05, 3.63) is 64.6 Å². The van der Waals surface area contributed by atoms with Crippen molar-refractivity contribution < 1.29 is 33.0 Å². The molecule has 44 heavy (non-hydrogen) atoms. The molecule has 232 valence electrons. The van der Waals surface area contributed by atoms with Gasteiger partial charge in [0, 0.05) is 37.8 Å². The molecule has 1 aromatic heterocycles. The lowest BCUT2D eigenvalue weighted by atomic mass is 9.97. The van der Waals surface area contributed by atoms with Gasteiger partial charge >= 0.3 is 0 Å². The number of hydrazine groups is 1. The van der Waals surface area contributed by atoms with Gasteiger partial charge in [0.1, 0.15) is 6.07 Å². The van der Waals surface area contributed by atoms with E-state index in [2.05, 4.69) is 21.0 Å². The minimum Gasteiger partial charge on any atom is -0.476 e. The van der Waals surface area contributed by atoms with Crippen LogP contribution in [0.4, 0.5) is 14.5 Å². The number of hydrogen-bond donors (Lipinski definition) is 4. The van der Waals surface area contributed by atoms with E-state index < -0.39 is 53.4 Å². The SMILES string of the molecule is CCN(NC(=O)[C@H]1C[C@](O)(CC)CN1)C(=O)c1ccc(NC(=O)c2ncc(-c3ccc(OCC#N)c(F)c3F)n2C)cc1Cl. The highest BCUT2D eigenvalue weighted by molar-refractivity contribution is 6.34. The second-order valence-corrected chi connectivity index (χ2v) is 10.5. The first-order valence-corrected chi connectivity index (χ1v) is 14.0. The van der Waals surface area contributed by atoms with Gasteiger partial charge in [-0.15, -0.1) is 0 Å². The highest BCUT2D eigenvalue weighted by atomic mass is 35.5. The molecule has 0 radical (unpaired) electrons. The molecule has 2 atom stereocenters. The summed E-state index contributed by atoms with van der Waals surface area (Å²) in [6, 6.07) is 7.59. The molecule has 1 aliphatic heterocycles. The Morgan fingerprint density at radius 1 is 1.27 bits per heavy atom. The quantitative estimate of drug-likeness (QED) is 0.263. The van der Waals surface area contributed by atoms with Crippen LogP contribution in [0.1, 0.15) is 47.7 Å². The van der Waals surface area contributed by atoms with Crippen molar-refractivity contribution in [3.8, 4) is 23.1 Å². The molecule has 1 saturated heterocycles. The summed E-state index contributed by atoms with van der Waals surface area (Å²) in [7, 11) is 1.45. The van der Waals surface area contributed by atoms with Gasteiger partial charge < -0.3 is 25.0 Å². The fourth-order valence-corrected chi connectivity index (χ4v) is 4.96. The average Bonchev–Trinajstić information content (AvgIpc) is 3.59. The second-order valence-electron chi connectivity index (χ2n) is 10.1. The number of halogens is 3. The zero-order chi connectivity index (χ0) is 32.2. The number of anilines is 1.